The van der Waals surface area contributed by atoms with Crippen LogP contribution in [0.5, 0.6) is 5.88 Å². The van der Waals surface area contributed by atoms with Gasteiger partial charge >= 0.3 is 0 Å². The number of carbonyl (C=O) groups excluding carboxylic acids is 1. The molecule has 1 aliphatic carbocycles. The Morgan fingerprint density at radius 3 is 2.38 bits per heavy atom. The van der Waals surface area contributed by atoms with Gasteiger partial charge in [0, 0.05) is 30.8 Å². The van der Waals surface area contributed by atoms with Crippen molar-refractivity contribution in [1.29, 1.82) is 0 Å². The molecule has 11 nitrogen and oxygen atoms in total. The number of anilines is 2. The molecule has 1 amide bonds. The van der Waals surface area contributed by atoms with Crippen LogP contribution in [0.1, 0.15) is 92.2 Å². The van der Waals surface area contributed by atoms with Crippen molar-refractivity contribution in [1.82, 2.24) is 24.8 Å². The van der Waals surface area contributed by atoms with Crippen molar-refractivity contribution in [2.75, 3.05) is 30.3 Å². The largest absolute Gasteiger partial charge is 0.475 e. The van der Waals surface area contributed by atoms with Crippen LogP contribution < -0.4 is 14.4 Å². The first-order chi connectivity index (χ1) is 24.7. The maximum atomic E-state index is 14.5. The van der Waals surface area contributed by atoms with Crippen molar-refractivity contribution >= 4 is 27.6 Å². The first-order valence-corrected chi connectivity index (χ1v) is 19.7. The molecule has 2 aliphatic rings. The van der Waals surface area contributed by atoms with Gasteiger partial charge in [-0.05, 0) is 67.3 Å². The molecule has 276 valence electrons. The third-order valence-corrected chi connectivity index (χ3v) is 11.4. The molecule has 4 bridgehead atoms. The monoisotopic (exact) mass is 725 g/mol. The fourth-order valence-corrected chi connectivity index (χ4v) is 8.32. The second-order valence-corrected chi connectivity index (χ2v) is 17.4. The topological polar surface area (TPSA) is 131 Å². The second kappa shape index (κ2) is 15.2. The van der Waals surface area contributed by atoms with Gasteiger partial charge < -0.3 is 14.5 Å². The fourth-order valence-electron chi connectivity index (χ4n) is 7.33. The van der Waals surface area contributed by atoms with E-state index in [0.717, 1.165) is 23.2 Å². The van der Waals surface area contributed by atoms with Gasteiger partial charge in [0.25, 0.3) is 15.9 Å². The summed E-state index contributed by atoms with van der Waals surface area (Å²) >= 11 is 0. The van der Waals surface area contributed by atoms with Gasteiger partial charge in [0.2, 0.25) is 11.8 Å². The van der Waals surface area contributed by atoms with Crippen LogP contribution >= 0.6 is 0 Å². The normalized spacial score (nSPS) is 18.0. The highest BCUT2D eigenvalue weighted by molar-refractivity contribution is 7.92. The summed E-state index contributed by atoms with van der Waals surface area (Å²) in [5, 5.41) is 0. The van der Waals surface area contributed by atoms with E-state index in [9.17, 15) is 13.2 Å². The van der Waals surface area contributed by atoms with E-state index < -0.39 is 16.1 Å². The summed E-state index contributed by atoms with van der Waals surface area (Å²) in [5.74, 6) is 0.872. The first kappa shape index (κ1) is 37.2. The van der Waals surface area contributed by atoms with E-state index >= 15 is 0 Å². The molecule has 1 saturated carbocycles. The number of aromatic nitrogens is 4. The summed E-state index contributed by atoms with van der Waals surface area (Å²) in [4.78, 5) is 36.7. The molecule has 1 fully saturated rings. The Balaban J connectivity index is 1.49. The zero-order valence-electron chi connectivity index (χ0n) is 31.4. The number of fused-ring (bicyclic) bond motifs is 4. The smallest absolute Gasteiger partial charge is 0.264 e. The van der Waals surface area contributed by atoms with Gasteiger partial charge in [-0.15, -0.1) is 0 Å². The summed E-state index contributed by atoms with van der Waals surface area (Å²) in [5.41, 5.74) is 5.40. The van der Waals surface area contributed by atoms with Gasteiger partial charge in [-0.2, -0.15) is 4.98 Å². The lowest BCUT2D eigenvalue weighted by Gasteiger charge is -2.35. The third kappa shape index (κ3) is 8.54. The standard InChI is InChI=1S/C40H51N7O4S/c1-26-13-11-16-29(19-28-14-9-8-10-15-28)35(26)36-27(2)37-44-39(43-36)45-52(49,50)33-18-12-17-30(20-33)38(48)47(31(25-51-37)21-40(3,4)5)24-34-41-22-32(23-42-34)46(6)7/h11-13,16-18,20,22-23,28,31H,8-10,14-15,19,21,24-25H2,1-7H3,(H,43,44,45)/t31-/m1/s1. The number of aryl methyl sites for hydroxylation is 1. The highest BCUT2D eigenvalue weighted by atomic mass is 32.2. The van der Waals surface area contributed by atoms with Crippen LogP contribution in [0.15, 0.2) is 59.8 Å². The maximum Gasteiger partial charge on any atom is 0.264 e. The minimum atomic E-state index is -4.20. The highest BCUT2D eigenvalue weighted by Crippen LogP contribution is 2.37. The molecule has 52 heavy (non-hydrogen) atoms. The van der Waals surface area contributed by atoms with Crippen LogP contribution in [0.25, 0.3) is 11.3 Å². The number of nitrogens with one attached hydrogen (secondary N) is 1. The summed E-state index contributed by atoms with van der Waals surface area (Å²) in [7, 11) is -0.374. The van der Waals surface area contributed by atoms with Crippen molar-refractivity contribution in [2.24, 2.45) is 11.3 Å². The highest BCUT2D eigenvalue weighted by Gasteiger charge is 2.33. The Kier molecular flexibility index (Phi) is 10.9. The molecule has 0 saturated heterocycles. The minimum absolute atomic E-state index is 0.0708. The molecular weight excluding hydrogens is 675 g/mol. The second-order valence-electron chi connectivity index (χ2n) is 15.7. The lowest BCUT2D eigenvalue weighted by atomic mass is 9.82. The van der Waals surface area contributed by atoms with Crippen LogP contribution in [-0.4, -0.2) is 65.9 Å². The van der Waals surface area contributed by atoms with Crippen LogP contribution in [0.3, 0.4) is 0 Å². The number of carbonyl (C=O) groups is 1. The fraction of sp³-hybridized carbons (Fsp3) is 0.475. The number of amides is 1. The van der Waals surface area contributed by atoms with E-state index in [1.807, 2.05) is 25.9 Å². The van der Waals surface area contributed by atoms with Crippen LogP contribution in [0.4, 0.5) is 11.6 Å². The molecule has 12 heteroatoms. The summed E-state index contributed by atoms with van der Waals surface area (Å²) in [6.07, 6.45) is 11.1. The van der Waals surface area contributed by atoms with Gasteiger partial charge in [-0.3, -0.25) is 4.79 Å². The van der Waals surface area contributed by atoms with Crippen molar-refractivity contribution in [3.05, 3.63) is 82.9 Å². The Morgan fingerprint density at radius 1 is 0.981 bits per heavy atom. The quantitative estimate of drug-likeness (QED) is 0.207. The third-order valence-electron chi connectivity index (χ3n) is 10.0. The molecule has 3 heterocycles. The number of nitrogens with zero attached hydrogens (tertiary/aromatic N) is 6. The van der Waals surface area contributed by atoms with Crippen molar-refractivity contribution in [3.8, 4) is 17.1 Å². The van der Waals surface area contributed by atoms with E-state index in [1.54, 1.807) is 29.4 Å². The van der Waals surface area contributed by atoms with Crippen LogP contribution in [-0.2, 0) is 23.0 Å². The Morgan fingerprint density at radius 2 is 1.69 bits per heavy atom. The lowest BCUT2D eigenvalue weighted by Crippen LogP contribution is -2.45. The van der Waals surface area contributed by atoms with Gasteiger partial charge in [0.1, 0.15) is 12.4 Å². The lowest BCUT2D eigenvalue weighted by molar-refractivity contribution is 0.0504. The van der Waals surface area contributed by atoms with Gasteiger partial charge in [-0.25, -0.2) is 28.1 Å². The molecular formula is C40H51N7O4S. The predicted molar refractivity (Wildman–Crippen MR) is 204 cm³/mol. The number of hydrogen-bond acceptors (Lipinski definition) is 9. The summed E-state index contributed by atoms with van der Waals surface area (Å²) in [6.45, 7) is 10.5. The number of ether oxygens (including phenoxy) is 1. The Hall–Kier alpha value is -4.58. The molecule has 2 aromatic carbocycles. The molecule has 1 aliphatic heterocycles. The molecule has 1 N–H and O–H groups in total. The summed E-state index contributed by atoms with van der Waals surface area (Å²) in [6, 6.07) is 11.9. The minimum Gasteiger partial charge on any atom is -0.475 e. The number of rotatable bonds is 7. The van der Waals surface area contributed by atoms with Crippen molar-refractivity contribution < 1.29 is 17.9 Å². The number of sulfonamides is 1. The van der Waals surface area contributed by atoms with Crippen LogP contribution in [0.2, 0.25) is 0 Å². The predicted octanol–water partition coefficient (Wildman–Crippen LogP) is 7.38. The molecule has 0 spiro atoms. The molecule has 2 aromatic heterocycles. The van der Waals surface area contributed by atoms with Gasteiger partial charge in [-0.1, -0.05) is 77.1 Å². The zero-order chi connectivity index (χ0) is 37.2. The van der Waals surface area contributed by atoms with Crippen LogP contribution in [0, 0.1) is 25.2 Å². The first-order valence-electron chi connectivity index (χ1n) is 18.2. The molecule has 6 rings (SSSR count). The number of benzene rings is 2. The van der Waals surface area contributed by atoms with E-state index in [2.05, 4.69) is 65.6 Å². The average Bonchev–Trinajstić information content (AvgIpc) is 3.10. The molecule has 0 unspecified atom stereocenters. The SMILES string of the molecule is Cc1cccc(CC2CCCCC2)c1-c1nc2nc(c1C)OC[C@@H](CC(C)(C)C)N(Cc1ncc(N(C)C)cn1)C(=O)c1cccc(c1)S(=O)(=O)N2. The summed E-state index contributed by atoms with van der Waals surface area (Å²) < 4.78 is 37.1. The van der Waals surface area contributed by atoms with Gasteiger partial charge in [0.15, 0.2) is 0 Å². The number of hydrogen-bond donors (Lipinski definition) is 1. The zero-order valence-corrected chi connectivity index (χ0v) is 32.3. The Bertz CT molecular complexity index is 2020. The van der Waals surface area contributed by atoms with E-state index in [1.165, 1.54) is 49.8 Å². The maximum absolute atomic E-state index is 14.5. The van der Waals surface area contributed by atoms with E-state index in [0.29, 0.717) is 29.4 Å². The van der Waals surface area contributed by atoms with E-state index in [4.69, 9.17) is 9.72 Å². The van der Waals surface area contributed by atoms with Gasteiger partial charge in [0.05, 0.1) is 41.3 Å². The Labute approximate surface area is 308 Å². The van der Waals surface area contributed by atoms with Crippen molar-refractivity contribution in [3.63, 3.8) is 0 Å². The molecule has 1 atom stereocenters. The molecule has 4 aromatic rings. The van der Waals surface area contributed by atoms with E-state index in [-0.39, 0.29) is 46.8 Å². The molecule has 0 radical (unpaired) electrons. The van der Waals surface area contributed by atoms with Crippen molar-refractivity contribution in [2.45, 2.75) is 97.0 Å². The average molecular weight is 726 g/mol.